The van der Waals surface area contributed by atoms with Crippen LogP contribution in [0.1, 0.15) is 6.42 Å². The van der Waals surface area contributed by atoms with Crippen molar-refractivity contribution in [2.75, 3.05) is 34.3 Å². The third-order valence-electron chi connectivity index (χ3n) is 2.20. The van der Waals surface area contributed by atoms with Crippen molar-refractivity contribution in [3.63, 3.8) is 0 Å². The Kier molecular flexibility index (Phi) is 7.08. The highest BCUT2D eigenvalue weighted by molar-refractivity contribution is 7.56. The van der Waals surface area contributed by atoms with Gasteiger partial charge in [0.25, 0.3) is 5.71 Å². The average Bonchev–Trinajstić information content (AvgIpc) is 2.27. The monoisotopic (exact) mass is 290 g/mol. The van der Waals surface area contributed by atoms with E-state index >= 15 is 0 Å². The van der Waals surface area contributed by atoms with Gasteiger partial charge in [-0.2, -0.15) is 4.79 Å². The van der Waals surface area contributed by atoms with Crippen molar-refractivity contribution in [3.05, 3.63) is 29.1 Å². The van der Waals surface area contributed by atoms with E-state index in [9.17, 15) is 4.57 Å². The average molecular weight is 290 g/mol. The highest BCUT2D eigenvalue weighted by Crippen LogP contribution is 2.46. The van der Waals surface area contributed by atoms with Crippen LogP contribution in [-0.2, 0) is 4.57 Å². The molecule has 0 aromatic heterocycles. The lowest BCUT2D eigenvalue weighted by Gasteiger charge is -2.21. The lowest BCUT2D eigenvalue weighted by molar-refractivity contribution is -0.870. The second-order valence-corrected chi connectivity index (χ2v) is 6.64. The highest BCUT2D eigenvalue weighted by Gasteiger charge is 2.21. The Hall–Kier alpha value is -1.07. The van der Waals surface area contributed by atoms with Crippen LogP contribution in [0.15, 0.2) is 23.5 Å². The molecule has 1 aliphatic carbocycles. The number of aliphatic hydroxyl groups excluding tert-OH is 1. The Bertz CT molecular complexity index is 453. The number of aliphatic hydroxyl groups is 1. The highest BCUT2D eigenvalue weighted by atomic mass is 31.2. The van der Waals surface area contributed by atoms with E-state index in [1.807, 2.05) is 0 Å². The molecule has 0 aromatic carbocycles. The van der Waals surface area contributed by atoms with Gasteiger partial charge in [-0.05, 0) is 6.08 Å². The van der Waals surface area contributed by atoms with Crippen LogP contribution >= 0.6 is 7.60 Å². The van der Waals surface area contributed by atoms with Crippen LogP contribution in [0.25, 0.3) is 5.53 Å². The van der Waals surface area contributed by atoms with Crippen molar-refractivity contribution < 1.29 is 28.7 Å². The van der Waals surface area contributed by atoms with Gasteiger partial charge in [0.05, 0.1) is 39.5 Å². The van der Waals surface area contributed by atoms with E-state index in [4.69, 9.17) is 20.4 Å². The molecule has 0 spiro atoms. The van der Waals surface area contributed by atoms with Gasteiger partial charge in [0.2, 0.25) is 0 Å². The molecule has 19 heavy (non-hydrogen) atoms. The van der Waals surface area contributed by atoms with Crippen LogP contribution in [0.2, 0.25) is 0 Å². The molecule has 108 valence electrons. The van der Waals surface area contributed by atoms with Gasteiger partial charge in [0.1, 0.15) is 6.54 Å². The van der Waals surface area contributed by atoms with Gasteiger partial charge in [-0.1, -0.05) is 6.08 Å². The molecular formula is C11H21N3O4P+. The topological polar surface area (TPSA) is 114 Å². The number of rotatable bonds is 3. The predicted octanol–water partition coefficient (Wildman–Crippen LogP) is 0.364. The Labute approximate surface area is 112 Å². The fraction of sp³-hybridized carbons (Fsp3) is 0.545. The zero-order valence-electron chi connectivity index (χ0n) is 11.4. The van der Waals surface area contributed by atoms with Crippen molar-refractivity contribution in [2.45, 2.75) is 6.42 Å². The minimum absolute atomic E-state index is 0.0325. The van der Waals surface area contributed by atoms with Crippen molar-refractivity contribution in [2.24, 2.45) is 0 Å². The molecule has 8 heteroatoms. The van der Waals surface area contributed by atoms with Gasteiger partial charge < -0.3 is 24.9 Å². The number of likely N-dealkylation sites (N-methyl/N-ethyl adjacent to an activating group) is 1. The normalized spacial score (nSPS) is 15.3. The molecule has 0 amide bonds. The SMILES string of the molecule is C[N+](C)(C)CCO.[N-]=[N+]=C1C=CC(P(=O)(O)O)=CC1. The minimum atomic E-state index is -4.14. The Morgan fingerprint density at radius 3 is 2.16 bits per heavy atom. The largest absolute Gasteiger partial charge is 0.391 e. The van der Waals surface area contributed by atoms with E-state index in [-0.39, 0.29) is 18.3 Å². The maximum absolute atomic E-state index is 10.7. The van der Waals surface area contributed by atoms with Crippen molar-refractivity contribution in [1.82, 2.24) is 0 Å². The van der Waals surface area contributed by atoms with E-state index in [1.54, 1.807) is 0 Å². The fourth-order valence-electron chi connectivity index (χ4n) is 1.12. The molecule has 1 rings (SSSR count). The van der Waals surface area contributed by atoms with E-state index in [2.05, 4.69) is 25.9 Å². The van der Waals surface area contributed by atoms with Crippen molar-refractivity contribution >= 4 is 13.3 Å². The van der Waals surface area contributed by atoms with Crippen LogP contribution in [-0.4, -0.2) is 64.2 Å². The summed E-state index contributed by atoms with van der Waals surface area (Å²) in [5.74, 6) is 0. The first-order valence-electron chi connectivity index (χ1n) is 5.67. The van der Waals surface area contributed by atoms with Gasteiger partial charge in [-0.15, -0.1) is 0 Å². The summed E-state index contributed by atoms with van der Waals surface area (Å²) in [7, 11) is 2.01. The smallest absolute Gasteiger partial charge is 0.355 e. The lowest BCUT2D eigenvalue weighted by Crippen LogP contribution is -2.36. The van der Waals surface area contributed by atoms with Crippen LogP contribution < -0.4 is 0 Å². The first-order chi connectivity index (χ1) is 8.60. The van der Waals surface area contributed by atoms with Gasteiger partial charge in [-0.25, -0.2) is 0 Å². The molecule has 0 fully saturated rings. The number of nitrogens with zero attached hydrogens (tertiary/aromatic N) is 3. The summed E-state index contributed by atoms with van der Waals surface area (Å²) in [4.78, 5) is 20.3. The molecule has 0 saturated carbocycles. The van der Waals surface area contributed by atoms with Gasteiger partial charge in [0.15, 0.2) is 0 Å². The van der Waals surface area contributed by atoms with Crippen LogP contribution in [0.3, 0.4) is 0 Å². The third kappa shape index (κ3) is 8.61. The molecule has 0 bridgehead atoms. The van der Waals surface area contributed by atoms with Crippen molar-refractivity contribution in [3.8, 4) is 0 Å². The first-order valence-corrected chi connectivity index (χ1v) is 7.28. The van der Waals surface area contributed by atoms with Gasteiger partial charge in [0, 0.05) is 6.08 Å². The zero-order chi connectivity index (χ0) is 15.1. The number of allylic oxidation sites excluding steroid dienone is 4. The second kappa shape index (κ2) is 7.50. The Morgan fingerprint density at radius 1 is 1.37 bits per heavy atom. The maximum Gasteiger partial charge on any atom is 0.355 e. The summed E-state index contributed by atoms with van der Waals surface area (Å²) in [6, 6.07) is 0. The summed E-state index contributed by atoms with van der Waals surface area (Å²) in [5.41, 5.74) is 8.68. The molecule has 0 saturated heterocycles. The van der Waals surface area contributed by atoms with E-state index < -0.39 is 7.60 Å². The molecule has 7 nitrogen and oxygen atoms in total. The van der Waals surface area contributed by atoms with E-state index in [0.717, 1.165) is 11.0 Å². The summed E-state index contributed by atoms with van der Waals surface area (Å²) in [6.07, 6.45) is 4.21. The molecule has 3 N–H and O–H groups in total. The molecule has 0 unspecified atom stereocenters. The molecule has 0 heterocycles. The summed E-state index contributed by atoms with van der Waals surface area (Å²) in [5, 5.41) is 8.35. The zero-order valence-corrected chi connectivity index (χ0v) is 12.3. The standard InChI is InChI=1S/C6H7N2O3P.C5H14NO/c7-8-5-1-3-6(4-2-5)12(9,10)11;1-6(2,3)4-5-7/h1,3-4H,2H2,(H2,9,10,11);7H,4-5H2,1-3H3/q;+1. The number of quaternary nitrogens is 1. The number of hydrogen-bond donors (Lipinski definition) is 3. The van der Waals surface area contributed by atoms with E-state index in [1.165, 1.54) is 18.2 Å². The predicted molar refractivity (Wildman–Crippen MR) is 72.5 cm³/mol. The summed E-state index contributed by atoms with van der Waals surface area (Å²) < 4.78 is 11.5. The Balaban J connectivity index is 0.000000399. The fourth-order valence-corrected chi connectivity index (χ4v) is 1.71. The third-order valence-corrected chi connectivity index (χ3v) is 3.21. The summed E-state index contributed by atoms with van der Waals surface area (Å²) in [6.45, 7) is 1.11. The Morgan fingerprint density at radius 2 is 1.95 bits per heavy atom. The van der Waals surface area contributed by atoms with Crippen molar-refractivity contribution in [1.29, 1.82) is 0 Å². The van der Waals surface area contributed by atoms with Gasteiger partial charge >= 0.3 is 7.60 Å². The maximum atomic E-state index is 10.7. The van der Waals surface area contributed by atoms with Crippen LogP contribution in [0.4, 0.5) is 0 Å². The minimum Gasteiger partial charge on any atom is -0.391 e. The molecule has 0 atom stereocenters. The summed E-state index contributed by atoms with van der Waals surface area (Å²) >= 11 is 0. The van der Waals surface area contributed by atoms with Crippen LogP contribution in [0.5, 0.6) is 0 Å². The molecule has 1 aliphatic rings. The molecule has 0 aliphatic heterocycles. The van der Waals surface area contributed by atoms with Crippen LogP contribution in [0, 0.1) is 0 Å². The first kappa shape index (κ1) is 17.9. The molecular weight excluding hydrogens is 269 g/mol. The number of hydrogen-bond acceptors (Lipinski definition) is 2. The molecule has 0 radical (unpaired) electrons. The van der Waals surface area contributed by atoms with E-state index in [0.29, 0.717) is 5.71 Å². The molecule has 0 aromatic rings. The van der Waals surface area contributed by atoms with Gasteiger partial charge in [-0.3, -0.25) is 4.57 Å². The quantitative estimate of drug-likeness (QED) is 0.301. The second-order valence-electron chi connectivity index (χ2n) is 5.04. The lowest BCUT2D eigenvalue weighted by atomic mass is 10.2.